The average molecular weight is 232 g/mol. The quantitative estimate of drug-likeness (QED) is 0.863. The van der Waals surface area contributed by atoms with Gasteiger partial charge in [0.25, 0.3) is 0 Å². The Bertz CT molecular complexity index is 523. The molecule has 0 fully saturated rings. The lowest BCUT2D eigenvalue weighted by molar-refractivity contribution is 0.628. The van der Waals surface area contributed by atoms with E-state index < -0.39 is 0 Å². The fraction of sp³-hybridized carbons (Fsp3) is 0.250. The smallest absolute Gasteiger partial charge is 0.223 e. The fourth-order valence-electron chi connectivity index (χ4n) is 1.40. The Labute approximate surface area is 98.7 Å². The zero-order valence-corrected chi connectivity index (χ0v) is 9.68. The minimum Gasteiger partial charge on any atom is -0.368 e. The predicted molar refractivity (Wildman–Crippen MR) is 63.7 cm³/mol. The van der Waals surface area contributed by atoms with Gasteiger partial charge < -0.3 is 5.73 Å². The molecule has 0 saturated heterocycles. The van der Waals surface area contributed by atoms with E-state index in [0.29, 0.717) is 11.6 Å². The van der Waals surface area contributed by atoms with Gasteiger partial charge in [0.1, 0.15) is 11.6 Å². The standard InChI is InChI=1S/C12H13FN4/c1-7(2)10-15-11(17-12(14)16-10)8-3-5-9(13)6-4-8/h3-7H,1-2H3,(H2,14,15,16,17). The van der Waals surface area contributed by atoms with Crippen molar-refractivity contribution >= 4 is 5.95 Å². The molecule has 0 atom stereocenters. The molecule has 1 aromatic carbocycles. The number of rotatable bonds is 2. The van der Waals surface area contributed by atoms with Crippen LogP contribution in [0, 0.1) is 5.82 Å². The Morgan fingerprint density at radius 3 is 2.29 bits per heavy atom. The highest BCUT2D eigenvalue weighted by Gasteiger charge is 2.09. The Morgan fingerprint density at radius 2 is 1.71 bits per heavy atom. The van der Waals surface area contributed by atoms with Gasteiger partial charge in [-0.2, -0.15) is 9.97 Å². The molecule has 0 aliphatic carbocycles. The van der Waals surface area contributed by atoms with Crippen LogP contribution in [0.15, 0.2) is 24.3 Å². The Morgan fingerprint density at radius 1 is 1.06 bits per heavy atom. The molecule has 0 amide bonds. The molecular formula is C12H13FN4. The lowest BCUT2D eigenvalue weighted by Gasteiger charge is -2.07. The van der Waals surface area contributed by atoms with Gasteiger partial charge in [-0.05, 0) is 24.3 Å². The van der Waals surface area contributed by atoms with E-state index in [1.165, 1.54) is 12.1 Å². The number of benzene rings is 1. The number of nitrogens with zero attached hydrogens (tertiary/aromatic N) is 3. The van der Waals surface area contributed by atoms with Crippen LogP contribution in [-0.2, 0) is 0 Å². The SMILES string of the molecule is CC(C)c1nc(N)nc(-c2ccc(F)cc2)n1. The molecule has 0 spiro atoms. The van der Waals surface area contributed by atoms with Crippen molar-refractivity contribution in [2.45, 2.75) is 19.8 Å². The molecular weight excluding hydrogens is 219 g/mol. The van der Waals surface area contributed by atoms with Crippen LogP contribution in [0.2, 0.25) is 0 Å². The van der Waals surface area contributed by atoms with E-state index in [4.69, 9.17) is 5.73 Å². The Kier molecular flexibility index (Phi) is 2.99. The highest BCUT2D eigenvalue weighted by Crippen LogP contribution is 2.18. The maximum absolute atomic E-state index is 12.8. The molecule has 2 aromatic rings. The number of aromatic nitrogens is 3. The topological polar surface area (TPSA) is 64.7 Å². The molecule has 1 heterocycles. The van der Waals surface area contributed by atoms with Gasteiger partial charge in [-0.1, -0.05) is 13.8 Å². The average Bonchev–Trinajstić information content (AvgIpc) is 2.29. The molecule has 0 aliphatic heterocycles. The lowest BCUT2D eigenvalue weighted by Crippen LogP contribution is -2.06. The van der Waals surface area contributed by atoms with Crippen LogP contribution in [0.5, 0.6) is 0 Å². The monoisotopic (exact) mass is 232 g/mol. The molecule has 2 N–H and O–H groups in total. The molecule has 2 rings (SSSR count). The van der Waals surface area contributed by atoms with Crippen molar-refractivity contribution in [2.24, 2.45) is 0 Å². The number of hydrogen-bond acceptors (Lipinski definition) is 4. The number of hydrogen-bond donors (Lipinski definition) is 1. The fourth-order valence-corrected chi connectivity index (χ4v) is 1.40. The highest BCUT2D eigenvalue weighted by atomic mass is 19.1. The van der Waals surface area contributed by atoms with Gasteiger partial charge >= 0.3 is 0 Å². The van der Waals surface area contributed by atoms with Crippen LogP contribution >= 0.6 is 0 Å². The van der Waals surface area contributed by atoms with Crippen molar-refractivity contribution < 1.29 is 4.39 Å². The molecule has 0 unspecified atom stereocenters. The van der Waals surface area contributed by atoms with Gasteiger partial charge in [-0.25, -0.2) is 9.37 Å². The first-order valence-corrected chi connectivity index (χ1v) is 5.33. The summed E-state index contributed by atoms with van der Waals surface area (Å²) in [5.74, 6) is 1.17. The molecule has 17 heavy (non-hydrogen) atoms. The normalized spacial score (nSPS) is 10.8. The van der Waals surface area contributed by atoms with E-state index in [1.54, 1.807) is 12.1 Å². The first kappa shape index (κ1) is 11.4. The second-order valence-electron chi connectivity index (χ2n) is 4.04. The van der Waals surface area contributed by atoms with E-state index in [9.17, 15) is 4.39 Å². The summed E-state index contributed by atoms with van der Waals surface area (Å²) in [4.78, 5) is 12.4. The van der Waals surface area contributed by atoms with Crippen molar-refractivity contribution in [1.82, 2.24) is 15.0 Å². The van der Waals surface area contributed by atoms with E-state index in [-0.39, 0.29) is 17.7 Å². The molecule has 88 valence electrons. The summed E-state index contributed by atoms with van der Waals surface area (Å²) in [6.07, 6.45) is 0. The molecule has 0 bridgehead atoms. The van der Waals surface area contributed by atoms with Crippen LogP contribution in [0.4, 0.5) is 10.3 Å². The van der Waals surface area contributed by atoms with Gasteiger partial charge in [0, 0.05) is 11.5 Å². The zero-order chi connectivity index (χ0) is 12.4. The summed E-state index contributed by atoms with van der Waals surface area (Å²) in [5.41, 5.74) is 6.35. The van der Waals surface area contributed by atoms with Crippen molar-refractivity contribution in [3.05, 3.63) is 35.9 Å². The maximum Gasteiger partial charge on any atom is 0.223 e. The van der Waals surface area contributed by atoms with Gasteiger partial charge in [0.15, 0.2) is 5.82 Å². The second-order valence-corrected chi connectivity index (χ2v) is 4.04. The molecule has 4 nitrogen and oxygen atoms in total. The molecule has 0 aliphatic rings. The maximum atomic E-state index is 12.8. The minimum absolute atomic E-state index is 0.166. The van der Waals surface area contributed by atoms with E-state index in [1.807, 2.05) is 13.8 Å². The van der Waals surface area contributed by atoms with E-state index >= 15 is 0 Å². The first-order valence-electron chi connectivity index (χ1n) is 5.33. The third-order valence-corrected chi connectivity index (χ3v) is 2.29. The number of nitrogen functional groups attached to an aromatic ring is 1. The Hall–Kier alpha value is -2.04. The third kappa shape index (κ3) is 2.55. The molecule has 1 aromatic heterocycles. The summed E-state index contributed by atoms with van der Waals surface area (Å²) < 4.78 is 12.8. The molecule has 0 radical (unpaired) electrons. The van der Waals surface area contributed by atoms with Crippen molar-refractivity contribution in [2.75, 3.05) is 5.73 Å². The van der Waals surface area contributed by atoms with Crippen LogP contribution in [0.25, 0.3) is 11.4 Å². The van der Waals surface area contributed by atoms with Crippen LogP contribution in [0.3, 0.4) is 0 Å². The second kappa shape index (κ2) is 4.45. The summed E-state index contributed by atoms with van der Waals surface area (Å²) in [6.45, 7) is 3.95. The van der Waals surface area contributed by atoms with Gasteiger partial charge in [-0.3, -0.25) is 0 Å². The van der Waals surface area contributed by atoms with Crippen LogP contribution in [0.1, 0.15) is 25.6 Å². The van der Waals surface area contributed by atoms with Gasteiger partial charge in [0.2, 0.25) is 5.95 Å². The summed E-state index contributed by atoms with van der Waals surface area (Å²) >= 11 is 0. The van der Waals surface area contributed by atoms with Gasteiger partial charge in [0.05, 0.1) is 0 Å². The van der Waals surface area contributed by atoms with E-state index in [2.05, 4.69) is 15.0 Å². The minimum atomic E-state index is -0.292. The van der Waals surface area contributed by atoms with Crippen molar-refractivity contribution in [3.63, 3.8) is 0 Å². The van der Waals surface area contributed by atoms with E-state index in [0.717, 1.165) is 5.56 Å². The van der Waals surface area contributed by atoms with Crippen LogP contribution < -0.4 is 5.73 Å². The van der Waals surface area contributed by atoms with Crippen LogP contribution in [-0.4, -0.2) is 15.0 Å². The lowest BCUT2D eigenvalue weighted by atomic mass is 10.2. The van der Waals surface area contributed by atoms with Crippen molar-refractivity contribution in [3.8, 4) is 11.4 Å². The Balaban J connectivity index is 2.48. The largest absolute Gasteiger partial charge is 0.368 e. The number of nitrogens with two attached hydrogens (primary N) is 1. The number of halogens is 1. The summed E-state index contributed by atoms with van der Waals surface area (Å²) in [7, 11) is 0. The first-order chi connectivity index (χ1) is 8.06. The predicted octanol–water partition coefficient (Wildman–Crippen LogP) is 2.38. The zero-order valence-electron chi connectivity index (χ0n) is 9.68. The third-order valence-electron chi connectivity index (χ3n) is 2.29. The molecule has 0 saturated carbocycles. The summed E-state index contributed by atoms with van der Waals surface area (Å²) in [5, 5.41) is 0. The number of anilines is 1. The highest BCUT2D eigenvalue weighted by molar-refractivity contribution is 5.55. The summed E-state index contributed by atoms with van der Waals surface area (Å²) in [6, 6.07) is 5.97. The van der Waals surface area contributed by atoms with Crippen molar-refractivity contribution in [1.29, 1.82) is 0 Å². The molecule has 5 heteroatoms. The van der Waals surface area contributed by atoms with Gasteiger partial charge in [-0.15, -0.1) is 0 Å².